The maximum absolute atomic E-state index is 12.7. The highest BCUT2D eigenvalue weighted by molar-refractivity contribution is 5.99. The number of aliphatic carboxylic acids is 1. The lowest BCUT2D eigenvalue weighted by Crippen LogP contribution is -2.45. The van der Waals surface area contributed by atoms with Crippen LogP contribution in [0.2, 0.25) is 0 Å². The molecule has 1 unspecified atom stereocenters. The van der Waals surface area contributed by atoms with Gasteiger partial charge in [-0.25, -0.2) is 9.78 Å². The zero-order valence-electron chi connectivity index (χ0n) is 16.7. The summed E-state index contributed by atoms with van der Waals surface area (Å²) < 4.78 is 0. The van der Waals surface area contributed by atoms with Gasteiger partial charge in [-0.1, -0.05) is 36.9 Å². The second kappa shape index (κ2) is 9.93. The number of H-pyrrole nitrogens is 1. The summed E-state index contributed by atoms with van der Waals surface area (Å²) in [5.74, 6) is -1.05. The number of allylic oxidation sites excluding steroid dienone is 4. The van der Waals surface area contributed by atoms with Crippen molar-refractivity contribution in [2.24, 2.45) is 5.73 Å². The number of anilines is 1. The maximum atomic E-state index is 12.7. The maximum Gasteiger partial charge on any atom is 0.328 e. The van der Waals surface area contributed by atoms with Crippen LogP contribution in [-0.4, -0.2) is 39.5 Å². The Hall–Kier alpha value is -4.33. The first kappa shape index (κ1) is 21.4. The molecule has 0 aliphatic carbocycles. The number of para-hydroxylation sites is 1. The lowest BCUT2D eigenvalue weighted by molar-refractivity contribution is -0.138. The van der Waals surface area contributed by atoms with Crippen molar-refractivity contribution in [2.45, 2.75) is 6.04 Å². The Morgan fingerprint density at radius 2 is 2.00 bits per heavy atom. The van der Waals surface area contributed by atoms with Gasteiger partial charge in [-0.05, 0) is 42.6 Å². The number of aromatic amines is 1. The van der Waals surface area contributed by atoms with Crippen LogP contribution in [0.5, 0.6) is 0 Å². The largest absolute Gasteiger partial charge is 0.480 e. The smallest absolute Gasteiger partial charge is 0.328 e. The Morgan fingerprint density at radius 1 is 1.23 bits per heavy atom. The highest BCUT2D eigenvalue weighted by atomic mass is 16.4. The molecule has 0 saturated heterocycles. The molecule has 3 aromatic rings. The summed E-state index contributed by atoms with van der Waals surface area (Å²) in [7, 11) is 0. The molecule has 0 saturated carbocycles. The van der Waals surface area contributed by atoms with E-state index in [0.29, 0.717) is 22.4 Å². The molecule has 6 N–H and O–H groups in total. The number of hydrogen-bond acceptors (Lipinski definition) is 5. The van der Waals surface area contributed by atoms with Crippen molar-refractivity contribution in [1.82, 2.24) is 15.3 Å². The van der Waals surface area contributed by atoms with Gasteiger partial charge in [-0.2, -0.15) is 0 Å². The zero-order chi connectivity index (χ0) is 22.2. The van der Waals surface area contributed by atoms with Gasteiger partial charge in [0.05, 0.1) is 11.0 Å². The number of amides is 1. The zero-order valence-corrected chi connectivity index (χ0v) is 16.7. The van der Waals surface area contributed by atoms with Gasteiger partial charge >= 0.3 is 5.97 Å². The predicted octanol–water partition coefficient (Wildman–Crippen LogP) is 2.90. The molecule has 0 spiro atoms. The molecular weight excluding hydrogens is 394 g/mol. The van der Waals surface area contributed by atoms with E-state index in [1.54, 1.807) is 36.4 Å². The van der Waals surface area contributed by atoms with E-state index in [2.05, 4.69) is 27.2 Å². The molecule has 158 valence electrons. The number of fused-ring (bicyclic) bond motifs is 1. The molecule has 8 heteroatoms. The first-order valence-electron chi connectivity index (χ1n) is 9.55. The van der Waals surface area contributed by atoms with E-state index in [-0.39, 0.29) is 6.54 Å². The highest BCUT2D eigenvalue weighted by Gasteiger charge is 2.21. The molecule has 3 rings (SSSR count). The lowest BCUT2D eigenvalue weighted by atomic mass is 10.1. The number of nitrogens with one attached hydrogen (secondary N) is 3. The third-order valence-corrected chi connectivity index (χ3v) is 4.48. The molecule has 1 aromatic heterocycles. The minimum absolute atomic E-state index is 0.0443. The normalized spacial score (nSPS) is 12.6. The van der Waals surface area contributed by atoms with Gasteiger partial charge in [-0.3, -0.25) is 4.79 Å². The van der Waals surface area contributed by atoms with Crippen molar-refractivity contribution in [3.05, 3.63) is 90.9 Å². The Bertz CT molecular complexity index is 1150. The number of carboxylic acids is 1. The number of rotatable bonds is 9. The molecule has 2 aromatic carbocycles. The summed E-state index contributed by atoms with van der Waals surface area (Å²) in [4.78, 5) is 31.9. The van der Waals surface area contributed by atoms with E-state index >= 15 is 0 Å². The third-order valence-electron chi connectivity index (χ3n) is 4.48. The Labute approximate surface area is 179 Å². The van der Waals surface area contributed by atoms with Crippen LogP contribution in [0.25, 0.3) is 16.6 Å². The van der Waals surface area contributed by atoms with Crippen LogP contribution in [0.4, 0.5) is 5.69 Å². The van der Waals surface area contributed by atoms with Crippen LogP contribution in [0.3, 0.4) is 0 Å². The minimum Gasteiger partial charge on any atom is -0.480 e. The van der Waals surface area contributed by atoms with Gasteiger partial charge < -0.3 is 26.5 Å². The molecule has 31 heavy (non-hydrogen) atoms. The van der Waals surface area contributed by atoms with Gasteiger partial charge in [0, 0.05) is 23.4 Å². The summed E-state index contributed by atoms with van der Waals surface area (Å²) in [5, 5.41) is 15.0. The third kappa shape index (κ3) is 5.39. The standard InChI is InChI=1S/C23H23N5O3/c1-2-6-15(11-12-24)21-26-18-10-9-16(13-19(18)27-21)22(29)28-20(23(30)31)14-25-17-7-4-3-5-8-17/h2-13,20,25H,1,14,24H2,(H,26,27)(H,28,29)(H,30,31)/b12-11-,15-6+. The van der Waals surface area contributed by atoms with E-state index in [9.17, 15) is 14.7 Å². The molecule has 0 radical (unpaired) electrons. The van der Waals surface area contributed by atoms with Gasteiger partial charge in [0.2, 0.25) is 0 Å². The van der Waals surface area contributed by atoms with Crippen molar-refractivity contribution in [2.75, 3.05) is 11.9 Å². The number of hydrogen-bond donors (Lipinski definition) is 5. The summed E-state index contributed by atoms with van der Waals surface area (Å²) in [6.45, 7) is 3.72. The number of aromatic nitrogens is 2. The monoisotopic (exact) mass is 417 g/mol. The van der Waals surface area contributed by atoms with Crippen LogP contribution in [0, 0.1) is 0 Å². The Balaban J connectivity index is 1.76. The molecule has 1 heterocycles. The van der Waals surface area contributed by atoms with Crippen molar-refractivity contribution in [3.63, 3.8) is 0 Å². The van der Waals surface area contributed by atoms with E-state index in [0.717, 1.165) is 11.3 Å². The summed E-state index contributed by atoms with van der Waals surface area (Å²) >= 11 is 0. The van der Waals surface area contributed by atoms with Gasteiger partial charge in [-0.15, -0.1) is 0 Å². The summed E-state index contributed by atoms with van der Waals surface area (Å²) in [6, 6.07) is 13.0. The van der Waals surface area contributed by atoms with E-state index in [1.807, 2.05) is 30.3 Å². The molecular formula is C23H23N5O3. The van der Waals surface area contributed by atoms with Crippen LogP contribution in [0.15, 0.2) is 79.5 Å². The summed E-state index contributed by atoms with van der Waals surface area (Å²) in [5.41, 5.74) is 8.60. The number of benzene rings is 2. The minimum atomic E-state index is -1.13. The van der Waals surface area contributed by atoms with Crippen LogP contribution >= 0.6 is 0 Å². The molecule has 0 fully saturated rings. The predicted molar refractivity (Wildman–Crippen MR) is 121 cm³/mol. The van der Waals surface area contributed by atoms with Crippen LogP contribution in [-0.2, 0) is 4.79 Å². The first-order valence-corrected chi connectivity index (χ1v) is 9.55. The van der Waals surface area contributed by atoms with Crippen LogP contribution < -0.4 is 16.4 Å². The van der Waals surface area contributed by atoms with E-state index in [1.165, 1.54) is 6.20 Å². The lowest BCUT2D eigenvalue weighted by Gasteiger charge is -2.16. The Morgan fingerprint density at radius 3 is 2.68 bits per heavy atom. The van der Waals surface area contributed by atoms with Crippen molar-refractivity contribution in [3.8, 4) is 0 Å². The van der Waals surface area contributed by atoms with E-state index < -0.39 is 17.9 Å². The molecule has 1 atom stereocenters. The Kier molecular flexibility index (Phi) is 6.85. The molecule has 0 aliphatic heterocycles. The highest BCUT2D eigenvalue weighted by Crippen LogP contribution is 2.19. The second-order valence-electron chi connectivity index (χ2n) is 6.65. The first-order chi connectivity index (χ1) is 15.0. The molecule has 0 aliphatic rings. The van der Waals surface area contributed by atoms with E-state index in [4.69, 9.17) is 5.73 Å². The van der Waals surface area contributed by atoms with Crippen molar-refractivity contribution in [1.29, 1.82) is 0 Å². The molecule has 8 nitrogen and oxygen atoms in total. The quantitative estimate of drug-likeness (QED) is 0.340. The fourth-order valence-electron chi connectivity index (χ4n) is 2.95. The van der Waals surface area contributed by atoms with Gasteiger partial charge in [0.15, 0.2) is 0 Å². The topological polar surface area (TPSA) is 133 Å². The SMILES string of the molecule is C=C/C=C(\C=C/N)c1nc2ccc(C(=O)NC(CNc3ccccc3)C(=O)O)cc2[nH]1. The fourth-order valence-corrected chi connectivity index (χ4v) is 2.95. The van der Waals surface area contributed by atoms with Crippen molar-refractivity contribution < 1.29 is 14.7 Å². The average molecular weight is 417 g/mol. The summed E-state index contributed by atoms with van der Waals surface area (Å²) in [6.07, 6.45) is 6.46. The average Bonchev–Trinajstić information content (AvgIpc) is 3.20. The number of carbonyl (C=O) groups is 2. The molecule has 0 bridgehead atoms. The molecule has 1 amide bonds. The number of nitrogens with two attached hydrogens (primary N) is 1. The number of nitrogens with zero attached hydrogens (tertiary/aromatic N) is 1. The fraction of sp³-hybridized carbons (Fsp3) is 0.0870. The second-order valence-corrected chi connectivity index (χ2v) is 6.65. The number of carbonyl (C=O) groups excluding carboxylic acids is 1. The number of imidazole rings is 1. The number of carboxylic acid groups (broad SMARTS) is 1. The van der Waals surface area contributed by atoms with Gasteiger partial charge in [0.1, 0.15) is 11.9 Å². The van der Waals surface area contributed by atoms with Crippen LogP contribution in [0.1, 0.15) is 16.2 Å². The van der Waals surface area contributed by atoms with Crippen molar-refractivity contribution >= 4 is 34.2 Å². The van der Waals surface area contributed by atoms with Gasteiger partial charge in [0.25, 0.3) is 5.91 Å².